The molecule has 0 aromatic heterocycles. The molecule has 0 heterocycles. The number of benzene rings is 1. The fourth-order valence-electron chi connectivity index (χ4n) is 2.82. The fourth-order valence-corrected chi connectivity index (χ4v) is 2.82. The fraction of sp³-hybridized carbons (Fsp3) is 0.667. The molecule has 0 N–H and O–H groups in total. The largest absolute Gasteiger partial charge is 0.299 e. The molecule has 0 saturated heterocycles. The van der Waals surface area contributed by atoms with Crippen LogP contribution in [0.4, 0.5) is 0 Å². The van der Waals surface area contributed by atoms with Crippen molar-refractivity contribution >= 4 is 5.78 Å². The van der Waals surface area contributed by atoms with Crippen molar-refractivity contribution in [2.45, 2.75) is 72.3 Å². The van der Waals surface area contributed by atoms with Crippen LogP contribution >= 0.6 is 0 Å². The summed E-state index contributed by atoms with van der Waals surface area (Å²) in [4.78, 5) is 14.5. The van der Waals surface area contributed by atoms with Crippen molar-refractivity contribution in [2.75, 3.05) is 13.1 Å². The standard InChI is InChI=1S/C21H35NO/c1-4-6-7-11-16-22(18-20-13-9-8-10-14-20)17-12-15-21(23)19(3)5-2/h8-10,13-14,19H,4-7,11-12,15-18H2,1-3H3. The minimum Gasteiger partial charge on any atom is -0.299 e. The molecule has 1 aromatic carbocycles. The Morgan fingerprint density at radius 3 is 2.35 bits per heavy atom. The summed E-state index contributed by atoms with van der Waals surface area (Å²) in [6, 6.07) is 10.7. The van der Waals surface area contributed by atoms with Crippen LogP contribution in [-0.4, -0.2) is 23.8 Å². The van der Waals surface area contributed by atoms with E-state index in [9.17, 15) is 4.79 Å². The number of carbonyl (C=O) groups is 1. The molecule has 0 aliphatic heterocycles. The first kappa shape index (κ1) is 19.9. The van der Waals surface area contributed by atoms with Gasteiger partial charge in [0.05, 0.1) is 0 Å². The molecule has 23 heavy (non-hydrogen) atoms. The molecule has 2 nitrogen and oxygen atoms in total. The Hall–Kier alpha value is -1.15. The van der Waals surface area contributed by atoms with Gasteiger partial charge in [0.15, 0.2) is 0 Å². The van der Waals surface area contributed by atoms with Gasteiger partial charge in [0.2, 0.25) is 0 Å². The van der Waals surface area contributed by atoms with Gasteiger partial charge >= 0.3 is 0 Å². The average Bonchev–Trinajstić information content (AvgIpc) is 2.58. The van der Waals surface area contributed by atoms with Gasteiger partial charge in [-0.15, -0.1) is 0 Å². The van der Waals surface area contributed by atoms with E-state index < -0.39 is 0 Å². The second kappa shape index (κ2) is 12.3. The molecule has 1 rings (SSSR count). The Bertz CT molecular complexity index is 415. The molecule has 1 aromatic rings. The highest BCUT2D eigenvalue weighted by Gasteiger charge is 2.12. The van der Waals surface area contributed by atoms with E-state index in [-0.39, 0.29) is 5.92 Å². The number of hydrogen-bond acceptors (Lipinski definition) is 2. The third kappa shape index (κ3) is 8.90. The average molecular weight is 318 g/mol. The lowest BCUT2D eigenvalue weighted by Gasteiger charge is -2.22. The second-order valence-electron chi connectivity index (χ2n) is 6.70. The van der Waals surface area contributed by atoms with Crippen LogP contribution in [0.2, 0.25) is 0 Å². The van der Waals surface area contributed by atoms with Crippen molar-refractivity contribution in [3.63, 3.8) is 0 Å². The molecular formula is C21H35NO. The van der Waals surface area contributed by atoms with Crippen molar-refractivity contribution in [3.05, 3.63) is 35.9 Å². The SMILES string of the molecule is CCCCCCN(CCCC(=O)C(C)CC)Cc1ccccc1. The molecular weight excluding hydrogens is 282 g/mol. The zero-order chi connectivity index (χ0) is 16.9. The summed E-state index contributed by atoms with van der Waals surface area (Å²) in [5.74, 6) is 0.653. The van der Waals surface area contributed by atoms with E-state index in [1.165, 1.54) is 31.2 Å². The quantitative estimate of drug-likeness (QED) is 0.450. The van der Waals surface area contributed by atoms with Crippen LogP contribution in [0.25, 0.3) is 0 Å². The molecule has 1 unspecified atom stereocenters. The molecule has 0 spiro atoms. The van der Waals surface area contributed by atoms with Crippen LogP contribution in [0.15, 0.2) is 30.3 Å². The highest BCUT2D eigenvalue weighted by atomic mass is 16.1. The predicted molar refractivity (Wildman–Crippen MR) is 99.6 cm³/mol. The van der Waals surface area contributed by atoms with Crippen molar-refractivity contribution in [3.8, 4) is 0 Å². The van der Waals surface area contributed by atoms with Gasteiger partial charge < -0.3 is 0 Å². The van der Waals surface area contributed by atoms with Gasteiger partial charge in [0.25, 0.3) is 0 Å². The zero-order valence-electron chi connectivity index (χ0n) is 15.4. The third-order valence-electron chi connectivity index (χ3n) is 4.64. The number of unbranched alkanes of at least 4 members (excludes halogenated alkanes) is 3. The monoisotopic (exact) mass is 317 g/mol. The van der Waals surface area contributed by atoms with E-state index in [1.807, 2.05) is 0 Å². The van der Waals surface area contributed by atoms with E-state index in [0.717, 1.165) is 38.9 Å². The van der Waals surface area contributed by atoms with Gasteiger partial charge in [-0.3, -0.25) is 9.69 Å². The smallest absolute Gasteiger partial charge is 0.135 e. The van der Waals surface area contributed by atoms with Gasteiger partial charge in [-0.2, -0.15) is 0 Å². The van der Waals surface area contributed by atoms with Crippen LogP contribution in [0.5, 0.6) is 0 Å². The minimum absolute atomic E-state index is 0.224. The normalized spacial score (nSPS) is 12.5. The molecule has 0 fully saturated rings. The van der Waals surface area contributed by atoms with Gasteiger partial charge in [-0.05, 0) is 37.9 Å². The summed E-state index contributed by atoms with van der Waals surface area (Å²) in [7, 11) is 0. The van der Waals surface area contributed by atoms with E-state index in [2.05, 4.69) is 56.0 Å². The van der Waals surface area contributed by atoms with Gasteiger partial charge in [0, 0.05) is 18.9 Å². The van der Waals surface area contributed by atoms with Gasteiger partial charge in [-0.1, -0.05) is 70.4 Å². The Morgan fingerprint density at radius 1 is 1.00 bits per heavy atom. The summed E-state index contributed by atoms with van der Waals surface area (Å²) >= 11 is 0. The number of carbonyl (C=O) groups excluding carboxylic acids is 1. The maximum absolute atomic E-state index is 12.0. The van der Waals surface area contributed by atoms with Crippen LogP contribution in [-0.2, 0) is 11.3 Å². The lowest BCUT2D eigenvalue weighted by atomic mass is 10.00. The van der Waals surface area contributed by atoms with Crippen molar-refractivity contribution in [2.24, 2.45) is 5.92 Å². The van der Waals surface area contributed by atoms with E-state index in [1.54, 1.807) is 0 Å². The molecule has 2 heteroatoms. The van der Waals surface area contributed by atoms with E-state index >= 15 is 0 Å². The van der Waals surface area contributed by atoms with Crippen LogP contribution in [0.3, 0.4) is 0 Å². The van der Waals surface area contributed by atoms with Crippen LogP contribution < -0.4 is 0 Å². The van der Waals surface area contributed by atoms with Crippen LogP contribution in [0.1, 0.15) is 71.3 Å². The molecule has 1 atom stereocenters. The van der Waals surface area contributed by atoms with Crippen molar-refractivity contribution in [1.29, 1.82) is 0 Å². The first-order valence-corrected chi connectivity index (χ1v) is 9.46. The Balaban J connectivity index is 2.42. The van der Waals surface area contributed by atoms with E-state index in [4.69, 9.17) is 0 Å². The molecule has 0 bridgehead atoms. The molecule has 0 amide bonds. The van der Waals surface area contributed by atoms with Crippen molar-refractivity contribution in [1.82, 2.24) is 4.90 Å². The summed E-state index contributed by atoms with van der Waals surface area (Å²) in [6.45, 7) is 9.58. The highest BCUT2D eigenvalue weighted by Crippen LogP contribution is 2.11. The highest BCUT2D eigenvalue weighted by molar-refractivity contribution is 5.80. The minimum atomic E-state index is 0.224. The predicted octanol–water partition coefficient (Wildman–Crippen LogP) is 5.46. The van der Waals surface area contributed by atoms with Crippen molar-refractivity contribution < 1.29 is 4.79 Å². The Labute approximate surface area is 143 Å². The molecule has 0 saturated carbocycles. The maximum atomic E-state index is 12.0. The molecule has 130 valence electrons. The zero-order valence-corrected chi connectivity index (χ0v) is 15.4. The topological polar surface area (TPSA) is 20.3 Å². The van der Waals surface area contributed by atoms with Crippen LogP contribution in [0, 0.1) is 5.92 Å². The third-order valence-corrected chi connectivity index (χ3v) is 4.64. The first-order valence-electron chi connectivity index (χ1n) is 9.46. The summed E-state index contributed by atoms with van der Waals surface area (Å²) in [5.41, 5.74) is 1.37. The summed E-state index contributed by atoms with van der Waals surface area (Å²) in [5, 5.41) is 0. The number of rotatable bonds is 13. The Morgan fingerprint density at radius 2 is 1.70 bits per heavy atom. The number of hydrogen-bond donors (Lipinski definition) is 0. The number of Topliss-reactive ketones (excluding diaryl/α,β-unsaturated/α-hetero) is 1. The summed E-state index contributed by atoms with van der Waals surface area (Å²) < 4.78 is 0. The maximum Gasteiger partial charge on any atom is 0.135 e. The van der Waals surface area contributed by atoms with Gasteiger partial charge in [-0.25, -0.2) is 0 Å². The first-order chi connectivity index (χ1) is 11.2. The molecule has 0 aliphatic rings. The molecule has 0 aliphatic carbocycles. The Kier molecular flexibility index (Phi) is 10.6. The lowest BCUT2D eigenvalue weighted by Crippen LogP contribution is -2.26. The second-order valence-corrected chi connectivity index (χ2v) is 6.70. The number of nitrogens with zero attached hydrogens (tertiary/aromatic N) is 1. The molecule has 0 radical (unpaired) electrons. The lowest BCUT2D eigenvalue weighted by molar-refractivity contribution is -0.122. The summed E-state index contributed by atoms with van der Waals surface area (Å²) in [6.07, 6.45) is 7.87. The van der Waals surface area contributed by atoms with E-state index in [0.29, 0.717) is 5.78 Å². The van der Waals surface area contributed by atoms with Gasteiger partial charge in [0.1, 0.15) is 5.78 Å². The number of ketones is 1.